The van der Waals surface area contributed by atoms with Crippen molar-refractivity contribution in [3.05, 3.63) is 53.6 Å². The van der Waals surface area contributed by atoms with E-state index < -0.39 is 23.9 Å². The molecule has 0 fully saturated rings. The van der Waals surface area contributed by atoms with E-state index in [9.17, 15) is 9.90 Å². The first-order valence-electron chi connectivity index (χ1n) is 11.5. The Kier molecular flexibility index (Phi) is 8.21. The third-order valence-corrected chi connectivity index (χ3v) is 5.73. The van der Waals surface area contributed by atoms with Gasteiger partial charge in [0.25, 0.3) is 0 Å². The maximum atomic E-state index is 12.7. The van der Waals surface area contributed by atoms with Gasteiger partial charge in [0.1, 0.15) is 35.9 Å². The van der Waals surface area contributed by atoms with Crippen molar-refractivity contribution in [3.63, 3.8) is 0 Å². The molecule has 0 unspecified atom stereocenters. The van der Waals surface area contributed by atoms with Gasteiger partial charge in [-0.1, -0.05) is 25.5 Å². The number of rotatable bonds is 9. The van der Waals surface area contributed by atoms with Gasteiger partial charge in [0.05, 0.1) is 6.61 Å². The molecule has 180 valence electrons. The number of amides is 1. The summed E-state index contributed by atoms with van der Waals surface area (Å²) in [6.45, 7) is 9.00. The summed E-state index contributed by atoms with van der Waals surface area (Å²) in [5, 5.41) is 10.9. The molecule has 0 saturated carbocycles. The molecular formula is C26H35NO6. The van der Waals surface area contributed by atoms with Crippen LogP contribution in [0.3, 0.4) is 0 Å². The van der Waals surface area contributed by atoms with Gasteiger partial charge >= 0.3 is 6.09 Å². The maximum absolute atomic E-state index is 12.7. The van der Waals surface area contributed by atoms with E-state index in [4.69, 9.17) is 18.9 Å². The molecule has 1 N–H and O–H groups in total. The number of unbranched alkanes of at least 4 members (excludes halogenated alkanes) is 1. The summed E-state index contributed by atoms with van der Waals surface area (Å²) in [7, 11) is 1.65. The first kappa shape index (κ1) is 24.9. The van der Waals surface area contributed by atoms with E-state index in [2.05, 4.69) is 6.92 Å². The molecule has 0 aliphatic carbocycles. The third kappa shape index (κ3) is 5.97. The van der Waals surface area contributed by atoms with Gasteiger partial charge < -0.3 is 24.1 Å². The second-order valence-corrected chi connectivity index (χ2v) is 8.71. The summed E-state index contributed by atoms with van der Waals surface area (Å²) >= 11 is 0. The number of fused-ring (bicyclic) bond motifs is 1. The summed E-state index contributed by atoms with van der Waals surface area (Å²) in [4.78, 5) is 14.1. The van der Waals surface area contributed by atoms with Gasteiger partial charge in [-0.2, -0.15) is 0 Å². The number of hydrogen-bond donors (Lipinski definition) is 1. The van der Waals surface area contributed by atoms with E-state index in [1.54, 1.807) is 13.1 Å². The number of carbonyl (C=O) groups is 1. The van der Waals surface area contributed by atoms with Crippen LogP contribution in [0.5, 0.6) is 11.5 Å². The molecule has 1 aliphatic heterocycles. The summed E-state index contributed by atoms with van der Waals surface area (Å²) in [6, 6.07) is 12.9. The number of benzene rings is 2. The van der Waals surface area contributed by atoms with E-state index in [1.807, 2.05) is 57.2 Å². The van der Waals surface area contributed by atoms with Gasteiger partial charge in [-0.15, -0.1) is 0 Å². The molecule has 2 aromatic rings. The third-order valence-electron chi connectivity index (χ3n) is 5.73. The Balaban J connectivity index is 1.71. The molecule has 1 amide bonds. The van der Waals surface area contributed by atoms with Crippen molar-refractivity contribution in [1.29, 1.82) is 0 Å². The van der Waals surface area contributed by atoms with Crippen molar-refractivity contribution in [2.24, 2.45) is 0 Å². The lowest BCUT2D eigenvalue weighted by Gasteiger charge is -2.42. The summed E-state index contributed by atoms with van der Waals surface area (Å²) < 4.78 is 23.0. The number of nitrogens with zero attached hydrogens (tertiary/aromatic N) is 1. The molecule has 2 atom stereocenters. The van der Waals surface area contributed by atoms with Gasteiger partial charge in [0.15, 0.2) is 0 Å². The van der Waals surface area contributed by atoms with Crippen LogP contribution < -0.4 is 14.4 Å². The topological polar surface area (TPSA) is 77.5 Å². The zero-order valence-electron chi connectivity index (χ0n) is 20.2. The summed E-state index contributed by atoms with van der Waals surface area (Å²) in [6.07, 6.45) is 0.0398. The van der Waals surface area contributed by atoms with Crippen molar-refractivity contribution >= 4 is 11.8 Å². The fourth-order valence-corrected chi connectivity index (χ4v) is 3.67. The van der Waals surface area contributed by atoms with Crippen molar-refractivity contribution in [3.8, 4) is 11.5 Å². The lowest BCUT2D eigenvalue weighted by molar-refractivity contribution is -0.135. The largest absolute Gasteiger partial charge is 0.494 e. The minimum atomic E-state index is -0.839. The van der Waals surface area contributed by atoms with Crippen molar-refractivity contribution in [2.75, 3.05) is 25.2 Å². The zero-order chi connectivity index (χ0) is 24.0. The van der Waals surface area contributed by atoms with E-state index in [-0.39, 0.29) is 6.61 Å². The average molecular weight is 458 g/mol. The standard InChI is InChI=1S/C26H35NO6/c1-6-8-15-31-23-21-16-19(11-14-22(21)33-26(3,4)24(23)28)27(5)25(29)32-17-18-9-12-20(13-10-18)30-7-2/h9-14,16,23-24,28H,6-8,15,17H2,1-5H3/t23-,24+/m1/s1. The van der Waals surface area contributed by atoms with Crippen LogP contribution >= 0.6 is 0 Å². The maximum Gasteiger partial charge on any atom is 0.414 e. The first-order chi connectivity index (χ1) is 15.8. The highest BCUT2D eigenvalue weighted by Gasteiger charge is 2.43. The average Bonchev–Trinajstić information content (AvgIpc) is 2.80. The molecule has 0 aromatic heterocycles. The molecule has 2 aromatic carbocycles. The quantitative estimate of drug-likeness (QED) is 0.519. The zero-order valence-corrected chi connectivity index (χ0v) is 20.2. The number of aliphatic hydroxyl groups is 1. The number of aliphatic hydroxyl groups excluding tert-OH is 1. The Hall–Kier alpha value is -2.77. The van der Waals surface area contributed by atoms with Crippen molar-refractivity contribution in [2.45, 2.75) is 65.0 Å². The highest BCUT2D eigenvalue weighted by molar-refractivity contribution is 5.87. The second kappa shape index (κ2) is 10.9. The van der Waals surface area contributed by atoms with Crippen LogP contribution in [0.4, 0.5) is 10.5 Å². The molecule has 33 heavy (non-hydrogen) atoms. The monoisotopic (exact) mass is 457 g/mol. The predicted octanol–water partition coefficient (Wildman–Crippen LogP) is 5.25. The number of hydrogen-bond acceptors (Lipinski definition) is 6. The summed E-state index contributed by atoms with van der Waals surface area (Å²) in [5.41, 5.74) is 1.44. The SMILES string of the molecule is CCCCO[C@@H]1c2cc(N(C)C(=O)OCc3ccc(OCC)cc3)ccc2OC(C)(C)[C@H]1O. The molecule has 7 nitrogen and oxygen atoms in total. The van der Waals surface area contributed by atoms with Gasteiger partial charge in [-0.3, -0.25) is 4.90 Å². The fraction of sp³-hybridized carbons (Fsp3) is 0.500. The predicted molar refractivity (Wildman–Crippen MR) is 127 cm³/mol. The fourth-order valence-electron chi connectivity index (χ4n) is 3.67. The van der Waals surface area contributed by atoms with E-state index in [0.717, 1.165) is 29.7 Å². The van der Waals surface area contributed by atoms with Crippen LogP contribution in [0, 0.1) is 0 Å². The van der Waals surface area contributed by atoms with Crippen LogP contribution in [-0.4, -0.2) is 43.2 Å². The van der Waals surface area contributed by atoms with Crippen LogP contribution in [0.15, 0.2) is 42.5 Å². The first-order valence-corrected chi connectivity index (χ1v) is 11.5. The Morgan fingerprint density at radius 1 is 1.15 bits per heavy atom. The van der Waals surface area contributed by atoms with Gasteiger partial charge in [-0.05, 0) is 63.1 Å². The van der Waals surface area contributed by atoms with Crippen LogP contribution in [-0.2, 0) is 16.1 Å². The molecule has 0 bridgehead atoms. The highest BCUT2D eigenvalue weighted by Crippen LogP contribution is 2.43. The molecule has 0 saturated heterocycles. The lowest BCUT2D eigenvalue weighted by Crippen LogP contribution is -2.49. The van der Waals surface area contributed by atoms with Gasteiger partial charge in [0, 0.05) is 24.9 Å². The van der Waals surface area contributed by atoms with Gasteiger partial charge in [0.2, 0.25) is 0 Å². The highest BCUT2D eigenvalue weighted by atomic mass is 16.6. The van der Waals surface area contributed by atoms with E-state index in [0.29, 0.717) is 24.7 Å². The van der Waals surface area contributed by atoms with Crippen LogP contribution in [0.2, 0.25) is 0 Å². The van der Waals surface area contributed by atoms with E-state index in [1.165, 1.54) is 4.90 Å². The van der Waals surface area contributed by atoms with Crippen molar-refractivity contribution in [1.82, 2.24) is 0 Å². The molecule has 0 spiro atoms. The molecule has 1 heterocycles. The number of anilines is 1. The molecule has 3 rings (SSSR count). The van der Waals surface area contributed by atoms with Crippen molar-refractivity contribution < 1.29 is 28.8 Å². The smallest absolute Gasteiger partial charge is 0.414 e. The van der Waals surface area contributed by atoms with E-state index >= 15 is 0 Å². The molecule has 1 aliphatic rings. The molecular weight excluding hydrogens is 422 g/mol. The van der Waals surface area contributed by atoms with Crippen LogP contribution in [0.25, 0.3) is 0 Å². The number of carbonyl (C=O) groups excluding carboxylic acids is 1. The second-order valence-electron chi connectivity index (χ2n) is 8.71. The van der Waals surface area contributed by atoms with Gasteiger partial charge in [-0.25, -0.2) is 4.79 Å². The summed E-state index contributed by atoms with van der Waals surface area (Å²) in [5.74, 6) is 1.42. The minimum Gasteiger partial charge on any atom is -0.494 e. The Bertz CT molecular complexity index is 927. The Morgan fingerprint density at radius 2 is 1.88 bits per heavy atom. The van der Waals surface area contributed by atoms with Crippen LogP contribution in [0.1, 0.15) is 57.8 Å². The Morgan fingerprint density at radius 3 is 2.55 bits per heavy atom. The lowest BCUT2D eigenvalue weighted by atomic mass is 9.88. The molecule has 7 heteroatoms. The normalized spacial score (nSPS) is 18.7. The molecule has 0 radical (unpaired) electrons. The minimum absolute atomic E-state index is 0.152. The number of ether oxygens (including phenoxy) is 4. The Labute approximate surface area is 196 Å².